The molecule has 0 spiro atoms. The van der Waals surface area contributed by atoms with Crippen molar-refractivity contribution >= 4 is 17.4 Å². The number of hydrogen-bond acceptors (Lipinski definition) is 5. The number of hydrogen-bond donors (Lipinski definition) is 1. The second-order valence-electron chi connectivity index (χ2n) is 5.96. The summed E-state index contributed by atoms with van der Waals surface area (Å²) in [6.45, 7) is 5.16. The first-order valence-electron chi connectivity index (χ1n) is 8.22. The predicted molar refractivity (Wildman–Crippen MR) is 87.5 cm³/mol. The molecule has 1 aliphatic heterocycles. The van der Waals surface area contributed by atoms with E-state index in [1.807, 2.05) is 18.7 Å². The third-order valence-corrected chi connectivity index (χ3v) is 4.14. The fourth-order valence-corrected chi connectivity index (χ4v) is 3.15. The van der Waals surface area contributed by atoms with Gasteiger partial charge in [-0.15, -0.1) is 0 Å². The van der Waals surface area contributed by atoms with Crippen LogP contribution in [-0.4, -0.2) is 39.7 Å². The van der Waals surface area contributed by atoms with Crippen molar-refractivity contribution < 1.29 is 9.72 Å². The van der Waals surface area contributed by atoms with E-state index in [4.69, 9.17) is 0 Å². The Morgan fingerprint density at radius 3 is 2.83 bits per heavy atom. The van der Waals surface area contributed by atoms with Crippen LogP contribution in [0.5, 0.6) is 0 Å². The minimum Gasteiger partial charge on any atom is -0.352 e. The van der Waals surface area contributed by atoms with Gasteiger partial charge in [-0.1, -0.05) is 13.8 Å². The van der Waals surface area contributed by atoms with E-state index in [0.29, 0.717) is 30.9 Å². The Morgan fingerprint density at radius 2 is 2.22 bits per heavy atom. The number of amides is 1. The Hall–Kier alpha value is -2.12. The molecule has 1 aliphatic rings. The summed E-state index contributed by atoms with van der Waals surface area (Å²) >= 11 is 0. The molecule has 1 fully saturated rings. The minimum atomic E-state index is -0.347. The zero-order chi connectivity index (χ0) is 17.0. The maximum atomic E-state index is 11.8. The van der Waals surface area contributed by atoms with Crippen LogP contribution in [0.25, 0.3) is 0 Å². The van der Waals surface area contributed by atoms with Gasteiger partial charge >= 0.3 is 5.69 Å². The van der Waals surface area contributed by atoms with Gasteiger partial charge in [-0.2, -0.15) is 5.10 Å². The molecule has 0 aliphatic carbocycles. The molecule has 1 aromatic rings. The third kappa shape index (κ3) is 3.80. The van der Waals surface area contributed by atoms with Crippen LogP contribution in [-0.2, 0) is 18.3 Å². The second-order valence-corrected chi connectivity index (χ2v) is 5.96. The second kappa shape index (κ2) is 7.43. The molecule has 1 N–H and O–H groups in total. The first-order chi connectivity index (χ1) is 11.0. The Balaban J connectivity index is 2.20. The topological polar surface area (TPSA) is 93.3 Å². The average molecular weight is 323 g/mol. The van der Waals surface area contributed by atoms with Crippen LogP contribution in [0, 0.1) is 10.1 Å². The molecule has 0 aromatic carbocycles. The summed E-state index contributed by atoms with van der Waals surface area (Å²) in [6.07, 6.45) is 3.64. The van der Waals surface area contributed by atoms with Crippen molar-refractivity contribution in [2.75, 3.05) is 18.0 Å². The number of nitrogens with zero attached hydrogens (tertiary/aromatic N) is 4. The lowest BCUT2D eigenvalue weighted by Crippen LogP contribution is -2.48. The number of rotatable bonds is 6. The van der Waals surface area contributed by atoms with Gasteiger partial charge in [0.1, 0.15) is 5.69 Å². The van der Waals surface area contributed by atoms with Gasteiger partial charge in [-0.05, 0) is 25.7 Å². The van der Waals surface area contributed by atoms with Gasteiger partial charge < -0.3 is 10.2 Å². The first-order valence-corrected chi connectivity index (χ1v) is 8.22. The van der Waals surface area contributed by atoms with E-state index >= 15 is 0 Å². The van der Waals surface area contributed by atoms with Crippen molar-refractivity contribution in [2.45, 2.75) is 52.0 Å². The first kappa shape index (κ1) is 17.2. The van der Waals surface area contributed by atoms with Crippen molar-refractivity contribution in [2.24, 2.45) is 7.05 Å². The Labute approximate surface area is 136 Å². The fraction of sp³-hybridized carbons (Fsp3) is 0.733. The lowest BCUT2D eigenvalue weighted by Gasteiger charge is -2.33. The van der Waals surface area contributed by atoms with Crippen LogP contribution >= 0.6 is 0 Å². The minimum absolute atomic E-state index is 0.0300. The molecule has 0 saturated carbocycles. The Morgan fingerprint density at radius 1 is 1.48 bits per heavy atom. The molecule has 1 unspecified atom stereocenters. The molecule has 8 nitrogen and oxygen atoms in total. The van der Waals surface area contributed by atoms with Crippen LogP contribution in [0.3, 0.4) is 0 Å². The van der Waals surface area contributed by atoms with Crippen molar-refractivity contribution in [3.05, 3.63) is 15.8 Å². The number of piperidine rings is 1. The summed E-state index contributed by atoms with van der Waals surface area (Å²) in [7, 11) is 1.74. The highest BCUT2D eigenvalue weighted by Gasteiger charge is 2.32. The molecule has 1 amide bonds. The molecule has 1 aromatic heterocycles. The van der Waals surface area contributed by atoms with Crippen LogP contribution in [0.4, 0.5) is 11.5 Å². The summed E-state index contributed by atoms with van der Waals surface area (Å²) in [5, 5.41) is 18.8. The molecule has 128 valence electrons. The van der Waals surface area contributed by atoms with Gasteiger partial charge in [0, 0.05) is 32.6 Å². The summed E-state index contributed by atoms with van der Waals surface area (Å²) in [5.74, 6) is 0.592. The van der Waals surface area contributed by atoms with E-state index in [9.17, 15) is 14.9 Å². The van der Waals surface area contributed by atoms with Gasteiger partial charge in [0.05, 0.1) is 4.92 Å². The van der Waals surface area contributed by atoms with Gasteiger partial charge in [0.2, 0.25) is 11.7 Å². The summed E-state index contributed by atoms with van der Waals surface area (Å²) < 4.78 is 1.59. The molecule has 0 bridgehead atoms. The number of carbonyl (C=O) groups is 1. The zero-order valence-corrected chi connectivity index (χ0v) is 14.0. The Kier molecular flexibility index (Phi) is 5.57. The van der Waals surface area contributed by atoms with Gasteiger partial charge in [-0.3, -0.25) is 14.9 Å². The number of aryl methyl sites for hydroxylation is 2. The van der Waals surface area contributed by atoms with Crippen LogP contribution < -0.4 is 10.2 Å². The molecule has 8 heteroatoms. The smallest absolute Gasteiger partial charge is 0.334 e. The number of carbonyl (C=O) groups excluding carboxylic acids is 1. The normalized spacial score (nSPS) is 18.0. The van der Waals surface area contributed by atoms with Gasteiger partial charge in [0.25, 0.3) is 0 Å². The number of aromatic nitrogens is 2. The predicted octanol–water partition coefficient (Wildman–Crippen LogP) is 1.78. The van der Waals surface area contributed by atoms with Crippen LogP contribution in [0.1, 0.15) is 45.2 Å². The Bertz CT molecular complexity index is 584. The van der Waals surface area contributed by atoms with E-state index in [-0.39, 0.29) is 22.6 Å². The van der Waals surface area contributed by atoms with Crippen molar-refractivity contribution in [1.82, 2.24) is 15.1 Å². The molecule has 23 heavy (non-hydrogen) atoms. The van der Waals surface area contributed by atoms with Crippen molar-refractivity contribution in [3.63, 3.8) is 0 Å². The molecular weight excluding hydrogens is 298 g/mol. The fourth-order valence-electron chi connectivity index (χ4n) is 3.15. The summed E-state index contributed by atoms with van der Waals surface area (Å²) in [5.41, 5.74) is 0.597. The quantitative estimate of drug-likeness (QED) is 0.636. The van der Waals surface area contributed by atoms with E-state index in [1.165, 1.54) is 0 Å². The van der Waals surface area contributed by atoms with E-state index < -0.39 is 0 Å². The number of nitro groups is 1. The highest BCUT2D eigenvalue weighted by atomic mass is 16.6. The number of nitrogens with one attached hydrogen (secondary N) is 1. The molecule has 2 rings (SSSR count). The monoisotopic (exact) mass is 323 g/mol. The lowest BCUT2D eigenvalue weighted by molar-refractivity contribution is -0.384. The highest BCUT2D eigenvalue weighted by Crippen LogP contribution is 2.33. The lowest BCUT2D eigenvalue weighted by atomic mass is 10.1. The van der Waals surface area contributed by atoms with E-state index in [2.05, 4.69) is 10.4 Å². The van der Waals surface area contributed by atoms with Crippen molar-refractivity contribution in [3.8, 4) is 0 Å². The largest absolute Gasteiger partial charge is 0.352 e. The van der Waals surface area contributed by atoms with Crippen molar-refractivity contribution in [1.29, 1.82) is 0 Å². The molecule has 1 atom stereocenters. The summed E-state index contributed by atoms with van der Waals surface area (Å²) in [6, 6.07) is 0.0300. The van der Waals surface area contributed by atoms with Crippen LogP contribution in [0.15, 0.2) is 0 Å². The van der Waals surface area contributed by atoms with E-state index in [0.717, 1.165) is 25.8 Å². The van der Waals surface area contributed by atoms with Crippen LogP contribution in [0.2, 0.25) is 0 Å². The maximum Gasteiger partial charge on any atom is 0.334 e. The highest BCUT2D eigenvalue weighted by molar-refractivity contribution is 5.76. The maximum absolute atomic E-state index is 11.8. The van der Waals surface area contributed by atoms with E-state index in [1.54, 1.807) is 11.7 Å². The molecule has 1 saturated heterocycles. The SMILES string of the molecule is CCCC(=O)NC1CCCN(c2c([N+](=O)[O-])c(CC)nn2C)C1. The van der Waals surface area contributed by atoms with Gasteiger partial charge in [-0.25, -0.2) is 4.68 Å². The molecular formula is C15H25N5O3. The summed E-state index contributed by atoms with van der Waals surface area (Å²) in [4.78, 5) is 24.9. The zero-order valence-electron chi connectivity index (χ0n) is 14.0. The third-order valence-electron chi connectivity index (χ3n) is 4.14. The average Bonchev–Trinajstić information content (AvgIpc) is 2.84. The molecule has 2 heterocycles. The number of anilines is 1. The van der Waals surface area contributed by atoms with Gasteiger partial charge in [0.15, 0.2) is 0 Å². The molecule has 0 radical (unpaired) electrons. The standard InChI is InChI=1S/C15H25N5O3/c1-4-7-13(21)16-11-8-6-9-19(10-11)15-14(20(22)23)12(5-2)17-18(15)3/h11H,4-10H2,1-3H3,(H,16,21).